The van der Waals surface area contributed by atoms with E-state index in [0.717, 1.165) is 10.5 Å². The van der Waals surface area contributed by atoms with E-state index in [0.29, 0.717) is 29.2 Å². The van der Waals surface area contributed by atoms with Gasteiger partial charge in [-0.05, 0) is 38.1 Å². The highest BCUT2D eigenvalue weighted by Crippen LogP contribution is 2.30. The fourth-order valence-electron chi connectivity index (χ4n) is 3.37. The van der Waals surface area contributed by atoms with Crippen LogP contribution in [0.1, 0.15) is 33.2 Å². The van der Waals surface area contributed by atoms with Crippen molar-refractivity contribution in [3.63, 3.8) is 0 Å². The van der Waals surface area contributed by atoms with Gasteiger partial charge in [-0.25, -0.2) is 0 Å². The Balaban J connectivity index is 1.39. The van der Waals surface area contributed by atoms with Gasteiger partial charge in [0, 0.05) is 0 Å². The van der Waals surface area contributed by atoms with Gasteiger partial charge in [-0.15, -0.1) is 0 Å². The summed E-state index contributed by atoms with van der Waals surface area (Å²) in [4.78, 5) is 38.8. The van der Waals surface area contributed by atoms with Crippen molar-refractivity contribution in [3.05, 3.63) is 59.2 Å². The van der Waals surface area contributed by atoms with Crippen LogP contribution in [0.5, 0.6) is 11.5 Å². The number of benzene rings is 2. The van der Waals surface area contributed by atoms with Gasteiger partial charge in [-0.3, -0.25) is 19.3 Å². The Kier molecular flexibility index (Phi) is 4.50. The largest absolute Gasteiger partial charge is 0.486 e. The van der Waals surface area contributed by atoms with Crippen LogP contribution in [-0.4, -0.2) is 47.9 Å². The molecule has 2 aromatic rings. The molecule has 1 N–H and O–H groups in total. The average Bonchev–Trinajstić information content (AvgIpc) is 2.95. The maximum absolute atomic E-state index is 12.6. The molecule has 2 atom stereocenters. The molecule has 0 radical (unpaired) electrons. The van der Waals surface area contributed by atoms with Crippen LogP contribution < -0.4 is 14.8 Å². The van der Waals surface area contributed by atoms with Crippen molar-refractivity contribution in [3.8, 4) is 11.5 Å². The molecular formula is C21H20N2O5. The minimum absolute atomic E-state index is 0.208. The van der Waals surface area contributed by atoms with Gasteiger partial charge in [0.25, 0.3) is 11.8 Å². The van der Waals surface area contributed by atoms with E-state index in [2.05, 4.69) is 5.32 Å². The Bertz CT molecular complexity index is 971. The minimum Gasteiger partial charge on any atom is -0.486 e. The van der Waals surface area contributed by atoms with Gasteiger partial charge >= 0.3 is 0 Å². The summed E-state index contributed by atoms with van der Waals surface area (Å²) in [5.41, 5.74) is 1.55. The predicted molar refractivity (Wildman–Crippen MR) is 101 cm³/mol. The number of carbonyl (C=O) groups is 3. The second-order valence-corrected chi connectivity index (χ2v) is 6.95. The molecule has 2 aromatic carbocycles. The third-order valence-electron chi connectivity index (χ3n) is 4.91. The lowest BCUT2D eigenvalue weighted by atomic mass is 10.1. The standard InChI is InChI=1S/C21H20N2O5/c1-12-7-8-15-16(9-12)21(26)23(20(15)25)13(2)19(24)22-10-14-11-27-17-5-3-4-6-18(17)28-14/h3-9,13-14H,10-11H2,1-2H3,(H,22,24). The molecule has 4 rings (SSSR count). The SMILES string of the molecule is Cc1ccc2c(c1)C(=O)N(C(C)C(=O)NCC1COc3ccccc3O1)C2=O. The minimum atomic E-state index is -0.926. The van der Waals surface area contributed by atoms with Gasteiger partial charge in [0.15, 0.2) is 11.5 Å². The summed E-state index contributed by atoms with van der Waals surface area (Å²) in [6, 6.07) is 11.5. The Labute approximate surface area is 162 Å². The predicted octanol–water partition coefficient (Wildman–Crippen LogP) is 1.94. The average molecular weight is 380 g/mol. The van der Waals surface area contributed by atoms with E-state index in [4.69, 9.17) is 9.47 Å². The van der Waals surface area contributed by atoms with E-state index in [9.17, 15) is 14.4 Å². The quantitative estimate of drug-likeness (QED) is 0.820. The first-order valence-corrected chi connectivity index (χ1v) is 9.10. The number of fused-ring (bicyclic) bond motifs is 2. The van der Waals surface area contributed by atoms with Crippen molar-refractivity contribution in [2.75, 3.05) is 13.2 Å². The molecule has 28 heavy (non-hydrogen) atoms. The fourth-order valence-corrected chi connectivity index (χ4v) is 3.37. The summed E-state index contributed by atoms with van der Waals surface area (Å²) in [5.74, 6) is -0.0310. The number of para-hydroxylation sites is 2. The molecule has 2 aliphatic heterocycles. The molecule has 3 amide bonds. The van der Waals surface area contributed by atoms with Crippen LogP contribution in [0.25, 0.3) is 0 Å². The summed E-state index contributed by atoms with van der Waals surface area (Å²) < 4.78 is 11.4. The molecular weight excluding hydrogens is 360 g/mol. The van der Waals surface area contributed by atoms with Gasteiger partial charge in [0.1, 0.15) is 18.8 Å². The molecule has 2 heterocycles. The zero-order chi connectivity index (χ0) is 19.8. The highest BCUT2D eigenvalue weighted by atomic mass is 16.6. The molecule has 0 aromatic heterocycles. The van der Waals surface area contributed by atoms with Crippen LogP contribution >= 0.6 is 0 Å². The first-order chi connectivity index (χ1) is 13.5. The van der Waals surface area contributed by atoms with Crippen molar-refractivity contribution >= 4 is 17.7 Å². The first-order valence-electron chi connectivity index (χ1n) is 9.10. The van der Waals surface area contributed by atoms with Crippen LogP contribution in [0.15, 0.2) is 42.5 Å². The monoisotopic (exact) mass is 380 g/mol. The number of aryl methyl sites for hydroxylation is 1. The Hall–Kier alpha value is -3.35. The molecule has 7 heteroatoms. The molecule has 0 saturated heterocycles. The lowest BCUT2D eigenvalue weighted by Crippen LogP contribution is -2.50. The van der Waals surface area contributed by atoms with E-state index in [-0.39, 0.29) is 12.6 Å². The van der Waals surface area contributed by atoms with Gasteiger partial charge in [0.2, 0.25) is 5.91 Å². The zero-order valence-electron chi connectivity index (χ0n) is 15.6. The fraction of sp³-hybridized carbons (Fsp3) is 0.286. The summed E-state index contributed by atoms with van der Waals surface area (Å²) in [5, 5.41) is 2.75. The van der Waals surface area contributed by atoms with E-state index in [1.165, 1.54) is 6.92 Å². The van der Waals surface area contributed by atoms with E-state index in [1.807, 2.05) is 25.1 Å². The molecule has 0 spiro atoms. The number of ether oxygens (including phenoxy) is 2. The molecule has 2 unspecified atom stereocenters. The van der Waals surface area contributed by atoms with Crippen molar-refractivity contribution in [1.82, 2.24) is 10.2 Å². The Morgan fingerprint density at radius 1 is 1.14 bits per heavy atom. The van der Waals surface area contributed by atoms with Gasteiger partial charge in [0.05, 0.1) is 17.7 Å². The Morgan fingerprint density at radius 3 is 2.64 bits per heavy atom. The second kappa shape index (κ2) is 6.99. The van der Waals surface area contributed by atoms with Gasteiger partial charge in [-0.2, -0.15) is 0 Å². The lowest BCUT2D eigenvalue weighted by Gasteiger charge is -2.27. The van der Waals surface area contributed by atoms with Crippen LogP contribution in [-0.2, 0) is 4.79 Å². The van der Waals surface area contributed by atoms with Gasteiger partial charge in [-0.1, -0.05) is 23.8 Å². The van der Waals surface area contributed by atoms with Crippen LogP contribution in [0.3, 0.4) is 0 Å². The number of rotatable bonds is 4. The highest BCUT2D eigenvalue weighted by molar-refractivity contribution is 6.22. The smallest absolute Gasteiger partial charge is 0.262 e. The topological polar surface area (TPSA) is 84.9 Å². The molecule has 0 fully saturated rings. The number of carbonyl (C=O) groups excluding carboxylic acids is 3. The first kappa shape index (κ1) is 18.0. The van der Waals surface area contributed by atoms with Crippen molar-refractivity contribution in [1.29, 1.82) is 0 Å². The third-order valence-corrected chi connectivity index (χ3v) is 4.91. The maximum atomic E-state index is 12.6. The Morgan fingerprint density at radius 2 is 1.86 bits per heavy atom. The van der Waals surface area contributed by atoms with E-state index >= 15 is 0 Å². The molecule has 2 aliphatic rings. The molecule has 0 aliphatic carbocycles. The molecule has 0 bridgehead atoms. The van der Waals surface area contributed by atoms with Crippen LogP contribution in [0.2, 0.25) is 0 Å². The van der Waals surface area contributed by atoms with Crippen molar-refractivity contribution in [2.24, 2.45) is 0 Å². The van der Waals surface area contributed by atoms with E-state index < -0.39 is 23.8 Å². The lowest BCUT2D eigenvalue weighted by molar-refractivity contribution is -0.125. The molecule has 144 valence electrons. The number of nitrogens with zero attached hydrogens (tertiary/aromatic N) is 1. The summed E-state index contributed by atoms with van der Waals surface area (Å²) in [6.07, 6.45) is -0.351. The number of imide groups is 1. The normalized spacial score (nSPS) is 18.6. The van der Waals surface area contributed by atoms with Crippen molar-refractivity contribution < 1.29 is 23.9 Å². The zero-order valence-corrected chi connectivity index (χ0v) is 15.6. The number of hydrogen-bond acceptors (Lipinski definition) is 5. The maximum Gasteiger partial charge on any atom is 0.262 e. The summed E-state index contributed by atoms with van der Waals surface area (Å²) >= 11 is 0. The van der Waals surface area contributed by atoms with Crippen LogP contribution in [0.4, 0.5) is 0 Å². The van der Waals surface area contributed by atoms with Gasteiger partial charge < -0.3 is 14.8 Å². The number of amides is 3. The summed E-state index contributed by atoms with van der Waals surface area (Å²) in [7, 11) is 0. The van der Waals surface area contributed by atoms with Crippen LogP contribution in [0, 0.1) is 6.92 Å². The third kappa shape index (κ3) is 3.09. The molecule has 0 saturated carbocycles. The van der Waals surface area contributed by atoms with Crippen molar-refractivity contribution in [2.45, 2.75) is 26.0 Å². The van der Waals surface area contributed by atoms with E-state index in [1.54, 1.807) is 24.3 Å². The molecule has 7 nitrogen and oxygen atoms in total. The second-order valence-electron chi connectivity index (χ2n) is 6.95. The number of hydrogen-bond donors (Lipinski definition) is 1. The summed E-state index contributed by atoms with van der Waals surface area (Å²) in [6.45, 7) is 3.90. The number of nitrogens with one attached hydrogen (secondary N) is 1. The highest BCUT2D eigenvalue weighted by Gasteiger charge is 2.41.